The summed E-state index contributed by atoms with van der Waals surface area (Å²) >= 11 is 3.22. The number of rotatable bonds is 2. The van der Waals surface area contributed by atoms with Gasteiger partial charge in [-0.25, -0.2) is 4.39 Å². The van der Waals surface area contributed by atoms with Crippen LogP contribution in [0.2, 0.25) is 0 Å². The number of hydrogen-bond donors (Lipinski definition) is 0. The minimum Gasteiger partial charge on any atom is -0.437 e. The molecule has 0 bridgehead atoms. The Morgan fingerprint density at radius 2 is 1.95 bits per heavy atom. The summed E-state index contributed by atoms with van der Waals surface area (Å²) in [6.45, 7) is 0. The molecule has 0 saturated heterocycles. The van der Waals surface area contributed by atoms with Crippen LogP contribution in [0.4, 0.5) is 4.39 Å². The van der Waals surface area contributed by atoms with Crippen LogP contribution in [0.15, 0.2) is 53.1 Å². The van der Waals surface area contributed by atoms with Gasteiger partial charge in [-0.2, -0.15) is 5.10 Å². The van der Waals surface area contributed by atoms with Crippen molar-refractivity contribution in [3.63, 3.8) is 0 Å². The molecule has 0 atom stereocenters. The molecule has 0 amide bonds. The van der Waals surface area contributed by atoms with E-state index in [-0.39, 0.29) is 5.82 Å². The Balaban J connectivity index is 2.05. The predicted molar refractivity (Wildman–Crippen MR) is 73.7 cm³/mol. The molecular weight excluding hydrogens is 311 g/mol. The van der Waals surface area contributed by atoms with E-state index in [1.807, 2.05) is 24.3 Å². The van der Waals surface area contributed by atoms with Crippen molar-refractivity contribution in [2.75, 3.05) is 0 Å². The van der Waals surface area contributed by atoms with E-state index in [1.54, 1.807) is 12.3 Å². The van der Waals surface area contributed by atoms with E-state index in [1.165, 1.54) is 12.1 Å². The zero-order valence-corrected chi connectivity index (χ0v) is 11.3. The third-order valence-electron chi connectivity index (χ3n) is 2.59. The smallest absolute Gasteiger partial charge is 0.246 e. The number of nitrogens with zero attached hydrogens (tertiary/aromatic N) is 2. The number of fused-ring (bicyclic) bond motifs is 1. The monoisotopic (exact) mass is 318 g/mol. The Bertz CT molecular complexity index is 723. The normalized spacial score (nSPS) is 10.6. The van der Waals surface area contributed by atoms with Crippen molar-refractivity contribution in [2.24, 2.45) is 0 Å². The number of halogens is 2. The summed E-state index contributed by atoms with van der Waals surface area (Å²) in [5.74, 6) is 0.352. The minimum atomic E-state index is -0.377. The lowest BCUT2D eigenvalue weighted by Gasteiger charge is -2.07. The van der Waals surface area contributed by atoms with Crippen molar-refractivity contribution in [2.45, 2.75) is 0 Å². The van der Waals surface area contributed by atoms with Crippen LogP contribution in [0.1, 0.15) is 0 Å². The van der Waals surface area contributed by atoms with Crippen LogP contribution < -0.4 is 4.74 Å². The Labute approximate surface area is 117 Å². The van der Waals surface area contributed by atoms with E-state index in [0.717, 1.165) is 10.8 Å². The number of hydrogen-bond acceptors (Lipinski definition) is 3. The van der Waals surface area contributed by atoms with Crippen molar-refractivity contribution in [3.8, 4) is 11.6 Å². The van der Waals surface area contributed by atoms with Gasteiger partial charge in [-0.15, -0.1) is 5.10 Å². The van der Waals surface area contributed by atoms with Crippen LogP contribution in [0.3, 0.4) is 0 Å². The van der Waals surface area contributed by atoms with Crippen LogP contribution in [-0.2, 0) is 0 Å². The van der Waals surface area contributed by atoms with Gasteiger partial charge in [0.05, 0.1) is 6.20 Å². The highest BCUT2D eigenvalue weighted by Crippen LogP contribution is 2.28. The summed E-state index contributed by atoms with van der Waals surface area (Å²) in [6.07, 6.45) is 1.66. The van der Waals surface area contributed by atoms with Gasteiger partial charge >= 0.3 is 0 Å². The van der Waals surface area contributed by atoms with Gasteiger partial charge in [0.1, 0.15) is 11.6 Å². The highest BCUT2D eigenvalue weighted by atomic mass is 79.9. The molecule has 0 aliphatic carbocycles. The van der Waals surface area contributed by atoms with Gasteiger partial charge in [-0.1, -0.05) is 34.1 Å². The van der Waals surface area contributed by atoms with Crippen LogP contribution in [0.5, 0.6) is 11.6 Å². The lowest BCUT2D eigenvalue weighted by Crippen LogP contribution is -1.92. The molecule has 1 heterocycles. The lowest BCUT2D eigenvalue weighted by molar-refractivity contribution is 0.457. The molecule has 0 radical (unpaired) electrons. The molecule has 3 aromatic rings. The number of aromatic nitrogens is 2. The highest BCUT2D eigenvalue weighted by molar-refractivity contribution is 9.10. The summed E-state index contributed by atoms with van der Waals surface area (Å²) in [4.78, 5) is 0. The van der Waals surface area contributed by atoms with Crippen LogP contribution >= 0.6 is 15.9 Å². The van der Waals surface area contributed by atoms with E-state index in [9.17, 15) is 4.39 Å². The summed E-state index contributed by atoms with van der Waals surface area (Å²) in [7, 11) is 0. The number of ether oxygens (including phenoxy) is 1. The largest absolute Gasteiger partial charge is 0.437 e. The zero-order valence-electron chi connectivity index (χ0n) is 9.68. The summed E-state index contributed by atoms with van der Waals surface area (Å²) in [5.41, 5.74) is 0. The maximum Gasteiger partial charge on any atom is 0.246 e. The first kappa shape index (κ1) is 12.0. The predicted octanol–water partition coefficient (Wildman–Crippen LogP) is 4.32. The molecule has 0 fully saturated rings. The molecule has 3 rings (SSSR count). The van der Waals surface area contributed by atoms with E-state index >= 15 is 0 Å². The fourth-order valence-electron chi connectivity index (χ4n) is 1.78. The summed E-state index contributed by atoms with van der Waals surface area (Å²) in [6, 6.07) is 11.9. The van der Waals surface area contributed by atoms with E-state index in [4.69, 9.17) is 4.74 Å². The summed E-state index contributed by atoms with van der Waals surface area (Å²) in [5, 5.41) is 9.58. The molecule has 19 heavy (non-hydrogen) atoms. The molecular formula is C14H8BrFN2O. The van der Waals surface area contributed by atoms with E-state index in [2.05, 4.69) is 26.1 Å². The second-order valence-corrected chi connectivity index (χ2v) is 4.86. The Kier molecular flexibility index (Phi) is 3.13. The summed E-state index contributed by atoms with van der Waals surface area (Å²) < 4.78 is 19.5. The average molecular weight is 319 g/mol. The Hall–Kier alpha value is -2.01. The third kappa shape index (κ3) is 2.56. The van der Waals surface area contributed by atoms with Gasteiger partial charge in [0.15, 0.2) is 0 Å². The van der Waals surface area contributed by atoms with Crippen molar-refractivity contribution < 1.29 is 9.13 Å². The minimum absolute atomic E-state index is 0.357. The fourth-order valence-corrected chi connectivity index (χ4v) is 2.22. The van der Waals surface area contributed by atoms with Gasteiger partial charge in [0.2, 0.25) is 5.88 Å². The maximum absolute atomic E-state index is 13.3. The van der Waals surface area contributed by atoms with E-state index < -0.39 is 0 Å². The first-order valence-electron chi connectivity index (χ1n) is 5.57. The number of benzene rings is 2. The first-order valence-corrected chi connectivity index (χ1v) is 6.36. The van der Waals surface area contributed by atoms with Gasteiger partial charge in [-0.3, -0.25) is 0 Å². The van der Waals surface area contributed by atoms with Gasteiger partial charge < -0.3 is 4.74 Å². The molecule has 2 aromatic carbocycles. The quantitative estimate of drug-likeness (QED) is 0.705. The second kappa shape index (κ2) is 4.93. The van der Waals surface area contributed by atoms with E-state index in [0.29, 0.717) is 16.1 Å². The molecule has 0 saturated carbocycles. The molecule has 1 aromatic heterocycles. The Morgan fingerprint density at radius 1 is 1.11 bits per heavy atom. The molecule has 5 heteroatoms. The molecule has 3 nitrogen and oxygen atoms in total. The average Bonchev–Trinajstić information content (AvgIpc) is 2.38. The standard InChI is InChI=1S/C14H8BrFN2O/c15-10-5-11(16)7-12(6-10)19-14-13-4-2-1-3-9(13)8-17-18-14/h1-8H. The first-order chi connectivity index (χ1) is 9.22. The van der Waals surface area contributed by atoms with Crippen molar-refractivity contribution >= 4 is 26.7 Å². The topological polar surface area (TPSA) is 35.0 Å². The van der Waals surface area contributed by atoms with Crippen LogP contribution in [0.25, 0.3) is 10.8 Å². The van der Waals surface area contributed by atoms with Crippen molar-refractivity contribution in [1.29, 1.82) is 0 Å². The van der Waals surface area contributed by atoms with Crippen LogP contribution in [0, 0.1) is 5.82 Å². The SMILES string of the molecule is Fc1cc(Br)cc(Oc2nncc3ccccc23)c1. The fraction of sp³-hybridized carbons (Fsp3) is 0. The molecule has 0 N–H and O–H groups in total. The molecule has 0 aliphatic rings. The van der Waals surface area contributed by atoms with Crippen LogP contribution in [-0.4, -0.2) is 10.2 Å². The maximum atomic E-state index is 13.3. The van der Waals surface area contributed by atoms with Gasteiger partial charge in [0.25, 0.3) is 0 Å². The third-order valence-corrected chi connectivity index (χ3v) is 3.05. The molecule has 0 aliphatic heterocycles. The lowest BCUT2D eigenvalue weighted by atomic mass is 10.2. The molecule has 0 unspecified atom stereocenters. The van der Waals surface area contributed by atoms with Crippen molar-refractivity contribution in [3.05, 3.63) is 59.0 Å². The van der Waals surface area contributed by atoms with Gasteiger partial charge in [-0.05, 0) is 18.2 Å². The zero-order chi connectivity index (χ0) is 13.2. The van der Waals surface area contributed by atoms with Gasteiger partial charge in [0, 0.05) is 21.3 Å². The highest BCUT2D eigenvalue weighted by Gasteiger charge is 2.07. The van der Waals surface area contributed by atoms with Crippen molar-refractivity contribution in [1.82, 2.24) is 10.2 Å². The molecule has 94 valence electrons. The second-order valence-electron chi connectivity index (χ2n) is 3.94. The Morgan fingerprint density at radius 3 is 2.79 bits per heavy atom. The molecule has 0 spiro atoms.